The Balaban J connectivity index is 1.71. The number of rotatable bonds is 6. The molecule has 3 heterocycles. The minimum Gasteiger partial charge on any atom is -0.298 e. The Morgan fingerprint density at radius 2 is 1.86 bits per heavy atom. The van der Waals surface area contributed by atoms with Crippen LogP contribution in [0.25, 0.3) is 17.0 Å². The fraction of sp³-hybridized carbons (Fsp3) is 0.167. The van der Waals surface area contributed by atoms with Gasteiger partial charge in [-0.3, -0.25) is 4.57 Å². The summed E-state index contributed by atoms with van der Waals surface area (Å²) in [7, 11) is 0. The minimum absolute atomic E-state index is 0.257. The molecule has 7 nitrogen and oxygen atoms in total. The summed E-state index contributed by atoms with van der Waals surface area (Å²) in [6.07, 6.45) is -1.02. The summed E-state index contributed by atoms with van der Waals surface area (Å²) in [5.41, 5.74) is 2.33. The molecule has 0 bridgehead atoms. The van der Waals surface area contributed by atoms with Crippen molar-refractivity contribution < 1.29 is 8.78 Å². The van der Waals surface area contributed by atoms with E-state index in [0.717, 1.165) is 15.6 Å². The molecule has 10 heteroatoms. The second-order valence-electron chi connectivity index (χ2n) is 5.97. The molecule has 142 valence electrons. The lowest BCUT2D eigenvalue weighted by atomic mass is 10.1. The van der Waals surface area contributed by atoms with Crippen LogP contribution in [0.4, 0.5) is 8.78 Å². The van der Waals surface area contributed by atoms with Crippen LogP contribution in [0.15, 0.2) is 59.2 Å². The molecular formula is C18H15F2N7S. The van der Waals surface area contributed by atoms with Crippen molar-refractivity contribution >= 4 is 17.4 Å². The van der Waals surface area contributed by atoms with Gasteiger partial charge in [0.25, 0.3) is 6.43 Å². The third kappa shape index (κ3) is 3.38. The number of aromatic nitrogens is 7. The van der Waals surface area contributed by atoms with Crippen molar-refractivity contribution in [3.63, 3.8) is 0 Å². The van der Waals surface area contributed by atoms with E-state index < -0.39 is 12.2 Å². The molecule has 0 radical (unpaired) electrons. The van der Waals surface area contributed by atoms with Gasteiger partial charge in [-0.15, -0.1) is 27.0 Å². The Labute approximate surface area is 163 Å². The highest BCUT2D eigenvalue weighted by Crippen LogP contribution is 2.29. The molecule has 4 rings (SSSR count). The standard InChI is InChI=1S/C18H15F2N7S/c1-3-10-26-16(12-6-4-11(2)5-7-12)22-24-18(26)28-14-9-8-13-21-23-17(15(19)20)27(13)25-14/h3-9,15H,1,10H2,2H3. The molecule has 0 saturated carbocycles. The van der Waals surface area contributed by atoms with Crippen molar-refractivity contribution in [2.45, 2.75) is 30.1 Å². The van der Waals surface area contributed by atoms with Crippen molar-refractivity contribution in [3.8, 4) is 11.4 Å². The zero-order valence-corrected chi connectivity index (χ0v) is 15.6. The van der Waals surface area contributed by atoms with Crippen LogP contribution in [0.5, 0.6) is 0 Å². The first-order chi connectivity index (χ1) is 13.6. The molecule has 4 aromatic rings. The van der Waals surface area contributed by atoms with Gasteiger partial charge in [-0.05, 0) is 30.8 Å². The molecule has 0 aliphatic carbocycles. The maximum atomic E-state index is 13.1. The third-order valence-corrected chi connectivity index (χ3v) is 4.90. The summed E-state index contributed by atoms with van der Waals surface area (Å²) in [6.45, 7) is 6.30. The normalized spacial score (nSPS) is 11.4. The molecule has 0 aliphatic rings. The summed E-state index contributed by atoms with van der Waals surface area (Å²) >= 11 is 1.22. The topological polar surface area (TPSA) is 73.8 Å². The number of benzene rings is 1. The first-order valence-electron chi connectivity index (χ1n) is 8.36. The highest BCUT2D eigenvalue weighted by atomic mass is 32.2. The molecule has 1 aromatic carbocycles. The summed E-state index contributed by atoms with van der Waals surface area (Å²) in [6, 6.07) is 11.2. The fourth-order valence-corrected chi connectivity index (χ4v) is 3.45. The van der Waals surface area contributed by atoms with Crippen LogP contribution >= 0.6 is 11.8 Å². The summed E-state index contributed by atoms with van der Waals surface area (Å²) in [4.78, 5) is 0. The number of fused-ring (bicyclic) bond motifs is 1. The first-order valence-corrected chi connectivity index (χ1v) is 9.18. The Hall–Kier alpha value is -3.14. The van der Waals surface area contributed by atoms with Crippen molar-refractivity contribution in [1.82, 2.24) is 34.6 Å². The minimum atomic E-state index is -2.76. The van der Waals surface area contributed by atoms with Crippen molar-refractivity contribution in [1.29, 1.82) is 0 Å². The van der Waals surface area contributed by atoms with Crippen LogP contribution in [0.3, 0.4) is 0 Å². The average Bonchev–Trinajstić information content (AvgIpc) is 3.27. The van der Waals surface area contributed by atoms with E-state index in [0.29, 0.717) is 22.6 Å². The van der Waals surface area contributed by atoms with Gasteiger partial charge in [0.15, 0.2) is 16.6 Å². The van der Waals surface area contributed by atoms with Gasteiger partial charge in [0.1, 0.15) is 5.03 Å². The average molecular weight is 399 g/mol. The van der Waals surface area contributed by atoms with Gasteiger partial charge in [0.05, 0.1) is 0 Å². The maximum Gasteiger partial charge on any atom is 0.299 e. The molecule has 28 heavy (non-hydrogen) atoms. The lowest BCUT2D eigenvalue weighted by molar-refractivity contribution is 0.137. The molecule has 0 amide bonds. The Morgan fingerprint density at radius 1 is 1.07 bits per heavy atom. The quantitative estimate of drug-likeness (QED) is 0.457. The second-order valence-corrected chi connectivity index (χ2v) is 6.96. The van der Waals surface area contributed by atoms with Crippen LogP contribution in [0.2, 0.25) is 0 Å². The zero-order valence-electron chi connectivity index (χ0n) is 14.8. The summed E-state index contributed by atoms with van der Waals surface area (Å²) in [5.74, 6) is 0.200. The Morgan fingerprint density at radius 3 is 2.57 bits per heavy atom. The van der Waals surface area contributed by atoms with Gasteiger partial charge in [0.2, 0.25) is 5.82 Å². The fourth-order valence-electron chi connectivity index (χ4n) is 2.65. The molecule has 0 unspecified atom stereocenters. The Kier molecular flexibility index (Phi) is 4.86. The van der Waals surface area contributed by atoms with Crippen molar-refractivity contribution in [2.75, 3.05) is 0 Å². The number of halogens is 2. The van der Waals surface area contributed by atoms with E-state index >= 15 is 0 Å². The highest BCUT2D eigenvalue weighted by molar-refractivity contribution is 7.99. The Bertz CT molecular complexity index is 1130. The van der Waals surface area contributed by atoms with Gasteiger partial charge in [-0.2, -0.15) is 9.61 Å². The molecule has 0 N–H and O–H groups in total. The largest absolute Gasteiger partial charge is 0.299 e. The monoisotopic (exact) mass is 399 g/mol. The summed E-state index contributed by atoms with van der Waals surface area (Å²) < 4.78 is 29.1. The first kappa shape index (κ1) is 18.2. The molecule has 0 aliphatic heterocycles. The van der Waals surface area contributed by atoms with Crippen LogP contribution in [-0.2, 0) is 6.54 Å². The summed E-state index contributed by atoms with van der Waals surface area (Å²) in [5, 5.41) is 21.0. The molecular weight excluding hydrogens is 384 g/mol. The lowest BCUT2D eigenvalue weighted by Crippen LogP contribution is -2.02. The molecule has 0 fully saturated rings. The van der Waals surface area contributed by atoms with E-state index in [4.69, 9.17) is 0 Å². The third-order valence-electron chi connectivity index (χ3n) is 3.99. The molecule has 3 aromatic heterocycles. The number of allylic oxidation sites excluding steroid dienone is 1. The SMILES string of the molecule is C=CCn1c(Sc2ccc3nnc(C(F)F)n3n2)nnc1-c1ccc(C)cc1. The van der Waals surface area contributed by atoms with E-state index in [1.807, 2.05) is 35.8 Å². The molecule has 0 saturated heterocycles. The van der Waals surface area contributed by atoms with Gasteiger partial charge >= 0.3 is 0 Å². The number of hydrogen-bond acceptors (Lipinski definition) is 6. The second kappa shape index (κ2) is 7.47. The van der Waals surface area contributed by atoms with E-state index in [-0.39, 0.29) is 5.65 Å². The number of alkyl halides is 2. The smallest absolute Gasteiger partial charge is 0.298 e. The highest BCUT2D eigenvalue weighted by Gasteiger charge is 2.19. The maximum absolute atomic E-state index is 13.1. The van der Waals surface area contributed by atoms with Crippen LogP contribution < -0.4 is 0 Å². The van der Waals surface area contributed by atoms with Crippen LogP contribution in [0.1, 0.15) is 17.8 Å². The van der Waals surface area contributed by atoms with Gasteiger partial charge in [0, 0.05) is 12.1 Å². The van der Waals surface area contributed by atoms with Crippen molar-refractivity contribution in [2.24, 2.45) is 0 Å². The van der Waals surface area contributed by atoms with Crippen LogP contribution in [-0.4, -0.2) is 34.6 Å². The number of aryl methyl sites for hydroxylation is 1. The molecule has 0 spiro atoms. The van der Waals surface area contributed by atoms with Crippen molar-refractivity contribution in [3.05, 3.63) is 60.4 Å². The van der Waals surface area contributed by atoms with E-state index in [1.165, 1.54) is 11.8 Å². The zero-order chi connectivity index (χ0) is 19.7. The van der Waals surface area contributed by atoms with E-state index in [9.17, 15) is 8.78 Å². The van der Waals surface area contributed by atoms with Gasteiger partial charge < -0.3 is 0 Å². The van der Waals surface area contributed by atoms with E-state index in [2.05, 4.69) is 32.1 Å². The predicted octanol–water partition coefficient (Wildman–Crippen LogP) is 3.97. The van der Waals surface area contributed by atoms with Gasteiger partial charge in [-0.1, -0.05) is 35.9 Å². The number of hydrogen-bond donors (Lipinski definition) is 0. The van der Waals surface area contributed by atoms with Crippen LogP contribution in [0, 0.1) is 6.92 Å². The van der Waals surface area contributed by atoms with Gasteiger partial charge in [-0.25, -0.2) is 8.78 Å². The van der Waals surface area contributed by atoms with E-state index in [1.54, 1.807) is 18.2 Å². The number of nitrogens with zero attached hydrogens (tertiary/aromatic N) is 7. The predicted molar refractivity (Wildman–Crippen MR) is 100 cm³/mol. The molecule has 0 atom stereocenters. The lowest BCUT2D eigenvalue weighted by Gasteiger charge is -2.08.